The molecular formula is C20H16N3O5-. The molecule has 2 N–H and O–H groups in total. The number of aromatic nitrogens is 2. The van der Waals surface area contributed by atoms with E-state index in [1.54, 1.807) is 55.5 Å². The summed E-state index contributed by atoms with van der Waals surface area (Å²) in [7, 11) is 0. The van der Waals surface area contributed by atoms with Crippen LogP contribution in [0.5, 0.6) is 5.88 Å². The smallest absolute Gasteiger partial charge is 0.335 e. The van der Waals surface area contributed by atoms with Crippen LogP contribution in [0, 0.1) is 6.92 Å². The van der Waals surface area contributed by atoms with Gasteiger partial charge in [0.15, 0.2) is 0 Å². The maximum atomic E-state index is 12.2. The lowest BCUT2D eigenvalue weighted by atomic mass is 10.1. The predicted octanol–water partition coefficient (Wildman–Crippen LogP) is 0.583. The Kier molecular flexibility index (Phi) is 5.21. The minimum absolute atomic E-state index is 0.179. The number of aromatic hydroxyl groups is 1. The van der Waals surface area contributed by atoms with Crippen molar-refractivity contribution in [2.75, 3.05) is 0 Å². The number of carboxylic acids is 1. The summed E-state index contributed by atoms with van der Waals surface area (Å²) in [6.07, 6.45) is 0.933. The first kappa shape index (κ1) is 18.8. The number of aromatic amines is 1. The van der Waals surface area contributed by atoms with E-state index < -0.39 is 23.1 Å². The molecule has 3 aromatic rings. The van der Waals surface area contributed by atoms with Gasteiger partial charge < -0.3 is 15.0 Å². The molecule has 0 atom stereocenters. The van der Waals surface area contributed by atoms with Crippen molar-refractivity contribution in [3.63, 3.8) is 0 Å². The second kappa shape index (κ2) is 7.75. The molecule has 2 aromatic carbocycles. The number of nitrogens with one attached hydrogen (secondary N) is 1. The van der Waals surface area contributed by atoms with Crippen molar-refractivity contribution in [1.29, 1.82) is 0 Å². The molecule has 0 aliphatic rings. The Bertz CT molecular complexity index is 1170. The number of aryl methyl sites for hydroxylation is 1. The highest BCUT2D eigenvalue weighted by molar-refractivity contribution is 5.84. The summed E-state index contributed by atoms with van der Waals surface area (Å²) >= 11 is 0. The summed E-state index contributed by atoms with van der Waals surface area (Å²) in [5.74, 6) is -1.72. The average molecular weight is 378 g/mol. The monoisotopic (exact) mass is 378 g/mol. The van der Waals surface area contributed by atoms with Crippen LogP contribution in [0.2, 0.25) is 0 Å². The molecule has 0 amide bonds. The van der Waals surface area contributed by atoms with Gasteiger partial charge in [-0.1, -0.05) is 30.3 Å². The number of aliphatic imine (C=N–C) groups is 1. The van der Waals surface area contributed by atoms with Crippen LogP contribution in [-0.2, 0) is 11.2 Å². The van der Waals surface area contributed by atoms with Crippen molar-refractivity contribution in [1.82, 2.24) is 9.55 Å². The number of benzene rings is 2. The van der Waals surface area contributed by atoms with Gasteiger partial charge in [0.2, 0.25) is 5.88 Å². The van der Waals surface area contributed by atoms with Crippen molar-refractivity contribution >= 4 is 17.9 Å². The second-order valence-electron chi connectivity index (χ2n) is 6.09. The van der Waals surface area contributed by atoms with Crippen LogP contribution in [0.4, 0.5) is 5.69 Å². The van der Waals surface area contributed by atoms with Crippen LogP contribution in [0.25, 0.3) is 5.69 Å². The van der Waals surface area contributed by atoms with Gasteiger partial charge in [-0.25, -0.2) is 9.36 Å². The van der Waals surface area contributed by atoms with E-state index in [0.29, 0.717) is 16.9 Å². The van der Waals surface area contributed by atoms with Crippen LogP contribution < -0.4 is 16.4 Å². The highest BCUT2D eigenvalue weighted by Crippen LogP contribution is 2.19. The van der Waals surface area contributed by atoms with E-state index in [-0.39, 0.29) is 12.0 Å². The first-order chi connectivity index (χ1) is 13.4. The van der Waals surface area contributed by atoms with Gasteiger partial charge in [-0.3, -0.25) is 14.8 Å². The number of para-hydroxylation sites is 1. The normalized spacial score (nSPS) is 11.0. The van der Waals surface area contributed by atoms with Crippen molar-refractivity contribution in [3.8, 4) is 11.6 Å². The Morgan fingerprint density at radius 3 is 2.50 bits per heavy atom. The SMILES string of the molecule is Cc1ccccc1-n1c(O)c(C=Nc2ccc(CC(=O)[O-])cc2)c(=O)[nH]c1=O. The number of carboxylic acid groups (broad SMARTS) is 1. The quantitative estimate of drug-likeness (QED) is 0.628. The number of hydrogen-bond donors (Lipinski definition) is 2. The largest absolute Gasteiger partial charge is 0.550 e. The van der Waals surface area contributed by atoms with Crippen molar-refractivity contribution in [3.05, 3.63) is 86.1 Å². The van der Waals surface area contributed by atoms with Gasteiger partial charge in [0, 0.05) is 18.6 Å². The third-order valence-electron chi connectivity index (χ3n) is 4.10. The average Bonchev–Trinajstić information content (AvgIpc) is 2.63. The third-order valence-corrected chi connectivity index (χ3v) is 4.10. The van der Waals surface area contributed by atoms with Gasteiger partial charge in [-0.05, 0) is 36.2 Å². The molecule has 0 saturated carbocycles. The highest BCUT2D eigenvalue weighted by Gasteiger charge is 2.15. The predicted molar refractivity (Wildman–Crippen MR) is 101 cm³/mol. The summed E-state index contributed by atoms with van der Waals surface area (Å²) in [6.45, 7) is 1.77. The molecule has 0 aliphatic heterocycles. The topological polar surface area (TPSA) is 128 Å². The molecule has 0 spiro atoms. The maximum absolute atomic E-state index is 12.2. The molecule has 8 heteroatoms. The van der Waals surface area contributed by atoms with Crippen LogP contribution >= 0.6 is 0 Å². The highest BCUT2D eigenvalue weighted by atomic mass is 16.4. The van der Waals surface area contributed by atoms with Gasteiger partial charge in [0.25, 0.3) is 5.56 Å². The van der Waals surface area contributed by atoms with Gasteiger partial charge in [-0.2, -0.15) is 0 Å². The zero-order valence-corrected chi connectivity index (χ0v) is 14.9. The fourth-order valence-electron chi connectivity index (χ4n) is 2.70. The van der Waals surface area contributed by atoms with Crippen LogP contribution in [0.3, 0.4) is 0 Å². The van der Waals surface area contributed by atoms with E-state index in [1.807, 2.05) is 0 Å². The van der Waals surface area contributed by atoms with E-state index in [1.165, 1.54) is 0 Å². The van der Waals surface area contributed by atoms with Gasteiger partial charge in [-0.15, -0.1) is 0 Å². The van der Waals surface area contributed by atoms with Crippen LogP contribution in [0.1, 0.15) is 16.7 Å². The van der Waals surface area contributed by atoms with Crippen molar-refractivity contribution < 1.29 is 15.0 Å². The first-order valence-corrected chi connectivity index (χ1v) is 8.34. The fourth-order valence-corrected chi connectivity index (χ4v) is 2.70. The lowest BCUT2D eigenvalue weighted by molar-refractivity contribution is -0.304. The Hall–Kier alpha value is -3.94. The van der Waals surface area contributed by atoms with Crippen LogP contribution in [0.15, 0.2) is 63.1 Å². The minimum Gasteiger partial charge on any atom is -0.550 e. The standard InChI is InChI=1S/C20H17N3O5/c1-12-4-2-3-5-16(12)23-19(27)15(18(26)22-20(23)28)11-21-14-8-6-13(7-9-14)10-17(24)25/h2-9,11,27H,10H2,1H3,(H,24,25)(H,22,26,28)/p-1. The molecular weight excluding hydrogens is 362 g/mol. The fraction of sp³-hybridized carbons (Fsp3) is 0.100. The van der Waals surface area contributed by atoms with Gasteiger partial charge in [0.1, 0.15) is 5.56 Å². The zero-order chi connectivity index (χ0) is 20.3. The lowest BCUT2D eigenvalue weighted by Gasteiger charge is -2.11. The van der Waals surface area contributed by atoms with E-state index in [9.17, 15) is 24.6 Å². The van der Waals surface area contributed by atoms with Crippen LogP contribution in [-0.4, -0.2) is 26.8 Å². The summed E-state index contributed by atoms with van der Waals surface area (Å²) < 4.78 is 1.00. The van der Waals surface area contributed by atoms with Crippen molar-refractivity contribution in [2.45, 2.75) is 13.3 Å². The first-order valence-electron chi connectivity index (χ1n) is 8.34. The Balaban J connectivity index is 2.01. The van der Waals surface area contributed by atoms with E-state index in [0.717, 1.165) is 16.3 Å². The molecule has 1 heterocycles. The van der Waals surface area contributed by atoms with Gasteiger partial charge in [0.05, 0.1) is 11.4 Å². The number of carbonyl (C=O) groups excluding carboxylic acids is 1. The summed E-state index contributed by atoms with van der Waals surface area (Å²) in [4.78, 5) is 41.2. The van der Waals surface area contributed by atoms with E-state index >= 15 is 0 Å². The van der Waals surface area contributed by atoms with E-state index in [4.69, 9.17) is 0 Å². The summed E-state index contributed by atoms with van der Waals surface area (Å²) in [5, 5.41) is 21.1. The molecule has 1 aromatic heterocycles. The molecule has 142 valence electrons. The third kappa shape index (κ3) is 3.90. The number of hydrogen-bond acceptors (Lipinski definition) is 6. The summed E-state index contributed by atoms with van der Waals surface area (Å²) in [6, 6.07) is 13.2. The molecule has 28 heavy (non-hydrogen) atoms. The molecule has 0 unspecified atom stereocenters. The number of nitrogens with zero attached hydrogens (tertiary/aromatic N) is 2. The zero-order valence-electron chi connectivity index (χ0n) is 14.9. The molecule has 0 fully saturated rings. The molecule has 0 aliphatic carbocycles. The Labute approximate surface area is 159 Å². The maximum Gasteiger partial charge on any atom is 0.335 e. The Morgan fingerprint density at radius 1 is 1.18 bits per heavy atom. The lowest BCUT2D eigenvalue weighted by Crippen LogP contribution is -2.31. The number of aliphatic carboxylic acids is 1. The number of carbonyl (C=O) groups is 1. The second-order valence-corrected chi connectivity index (χ2v) is 6.09. The summed E-state index contributed by atoms with van der Waals surface area (Å²) in [5.41, 5.74) is 0.440. The van der Waals surface area contributed by atoms with Crippen molar-refractivity contribution in [2.24, 2.45) is 4.99 Å². The molecule has 8 nitrogen and oxygen atoms in total. The molecule has 3 rings (SSSR count). The Morgan fingerprint density at radius 2 is 1.86 bits per heavy atom. The number of rotatable bonds is 5. The van der Waals surface area contributed by atoms with Gasteiger partial charge >= 0.3 is 5.69 Å². The number of H-pyrrole nitrogens is 1. The molecule has 0 bridgehead atoms. The molecule has 0 saturated heterocycles. The van der Waals surface area contributed by atoms with E-state index in [2.05, 4.69) is 9.98 Å². The minimum atomic E-state index is -1.19. The molecule has 0 radical (unpaired) electrons.